The second kappa shape index (κ2) is 4.74. The number of aromatic nitrogens is 1. The fraction of sp³-hybridized carbons (Fsp3) is 0.467. The first-order valence-corrected chi connectivity index (χ1v) is 7.74. The number of aryl methyl sites for hydroxylation is 2. The van der Waals surface area contributed by atoms with Crippen molar-refractivity contribution in [1.82, 2.24) is 9.88 Å². The predicted molar refractivity (Wildman–Crippen MR) is 83.2 cm³/mol. The summed E-state index contributed by atoms with van der Waals surface area (Å²) in [7, 11) is 1.88. The number of nitrogen functional groups attached to an aromatic ring is 1. The zero-order chi connectivity index (χ0) is 14.4. The van der Waals surface area contributed by atoms with Crippen LogP contribution in [-0.4, -0.2) is 28.9 Å². The number of hydrogen-bond donors (Lipinski definition) is 1. The highest BCUT2D eigenvalue weighted by Crippen LogP contribution is 2.37. The number of nitrogens with two attached hydrogens (primary N) is 1. The number of rotatable bonds is 2. The van der Waals surface area contributed by atoms with E-state index in [-0.39, 0.29) is 5.91 Å². The molecule has 2 aromatic heterocycles. The van der Waals surface area contributed by atoms with Crippen LogP contribution in [0.3, 0.4) is 0 Å². The van der Waals surface area contributed by atoms with E-state index in [4.69, 9.17) is 5.73 Å². The molecule has 106 valence electrons. The van der Waals surface area contributed by atoms with E-state index in [0.717, 1.165) is 34.3 Å². The zero-order valence-corrected chi connectivity index (χ0v) is 12.9. The number of thiophene rings is 1. The molecule has 1 saturated carbocycles. The van der Waals surface area contributed by atoms with Gasteiger partial charge in [-0.1, -0.05) is 0 Å². The Balaban J connectivity index is 2.05. The summed E-state index contributed by atoms with van der Waals surface area (Å²) in [6.07, 6.45) is 3.42. The molecule has 5 heteroatoms. The van der Waals surface area contributed by atoms with Gasteiger partial charge in [0.15, 0.2) is 0 Å². The average Bonchev–Trinajstić information content (AvgIpc) is 2.63. The fourth-order valence-electron chi connectivity index (χ4n) is 2.74. The Morgan fingerprint density at radius 2 is 2.15 bits per heavy atom. The van der Waals surface area contributed by atoms with E-state index in [1.54, 1.807) is 0 Å². The zero-order valence-electron chi connectivity index (χ0n) is 12.1. The summed E-state index contributed by atoms with van der Waals surface area (Å²) in [5, 5.41) is 0.936. The van der Waals surface area contributed by atoms with Crippen molar-refractivity contribution in [3.8, 4) is 0 Å². The van der Waals surface area contributed by atoms with Crippen LogP contribution >= 0.6 is 11.3 Å². The Labute approximate surface area is 122 Å². The lowest BCUT2D eigenvalue weighted by Crippen LogP contribution is -2.41. The number of fused-ring (bicyclic) bond motifs is 1. The topological polar surface area (TPSA) is 59.2 Å². The van der Waals surface area contributed by atoms with E-state index in [9.17, 15) is 4.79 Å². The van der Waals surface area contributed by atoms with Crippen LogP contribution in [0, 0.1) is 13.8 Å². The standard InChI is InChI=1S/C15H19N3OS/c1-8-7-11-12(9(2)17-8)13(16)14(20-11)15(19)18(3)10-5-4-6-10/h7,10H,4-6,16H2,1-3H3. The first-order valence-electron chi connectivity index (χ1n) is 6.92. The second-order valence-electron chi connectivity index (χ2n) is 5.57. The fourth-order valence-corrected chi connectivity index (χ4v) is 3.99. The second-order valence-corrected chi connectivity index (χ2v) is 6.62. The summed E-state index contributed by atoms with van der Waals surface area (Å²) in [5.41, 5.74) is 8.66. The third kappa shape index (κ3) is 1.97. The molecule has 1 amide bonds. The van der Waals surface area contributed by atoms with Crippen molar-refractivity contribution >= 4 is 33.0 Å². The normalized spacial score (nSPS) is 15.3. The summed E-state index contributed by atoms with van der Waals surface area (Å²) in [4.78, 5) is 19.6. The molecule has 0 aromatic carbocycles. The molecule has 1 aliphatic carbocycles. The predicted octanol–water partition coefficient (Wildman–Crippen LogP) is 3.12. The minimum atomic E-state index is 0.0467. The molecule has 3 rings (SSSR count). The van der Waals surface area contributed by atoms with Crippen molar-refractivity contribution in [3.63, 3.8) is 0 Å². The lowest BCUT2D eigenvalue weighted by Gasteiger charge is -2.34. The molecule has 2 heterocycles. The monoisotopic (exact) mass is 289 g/mol. The van der Waals surface area contributed by atoms with Crippen molar-refractivity contribution in [2.24, 2.45) is 0 Å². The molecule has 0 atom stereocenters. The van der Waals surface area contributed by atoms with Gasteiger partial charge >= 0.3 is 0 Å². The van der Waals surface area contributed by atoms with Gasteiger partial charge in [0.1, 0.15) is 4.88 Å². The third-order valence-electron chi connectivity index (χ3n) is 4.16. The van der Waals surface area contributed by atoms with Crippen LogP contribution in [0.25, 0.3) is 10.1 Å². The smallest absolute Gasteiger partial charge is 0.266 e. The molecule has 0 aliphatic heterocycles. The molecule has 0 unspecified atom stereocenters. The Morgan fingerprint density at radius 1 is 1.45 bits per heavy atom. The van der Waals surface area contributed by atoms with Crippen molar-refractivity contribution in [3.05, 3.63) is 22.3 Å². The maximum atomic E-state index is 12.6. The van der Waals surface area contributed by atoms with Crippen LogP contribution in [0.15, 0.2) is 6.07 Å². The highest BCUT2D eigenvalue weighted by Gasteiger charge is 2.29. The molecular weight excluding hydrogens is 270 g/mol. The van der Waals surface area contributed by atoms with Gasteiger partial charge in [0.2, 0.25) is 0 Å². The maximum Gasteiger partial charge on any atom is 0.266 e. The summed E-state index contributed by atoms with van der Waals surface area (Å²) in [5.74, 6) is 0.0467. The quantitative estimate of drug-likeness (QED) is 0.924. The number of nitrogens with zero attached hydrogens (tertiary/aromatic N) is 2. The van der Waals surface area contributed by atoms with Gasteiger partial charge in [-0.05, 0) is 39.2 Å². The van der Waals surface area contributed by atoms with Gasteiger partial charge < -0.3 is 10.6 Å². The molecule has 0 bridgehead atoms. The van der Waals surface area contributed by atoms with Crippen LogP contribution in [0.1, 0.15) is 40.3 Å². The molecule has 0 radical (unpaired) electrons. The van der Waals surface area contributed by atoms with Crippen LogP contribution in [-0.2, 0) is 0 Å². The number of carbonyl (C=O) groups excluding carboxylic acids is 1. The van der Waals surface area contributed by atoms with Gasteiger partial charge in [-0.2, -0.15) is 0 Å². The van der Waals surface area contributed by atoms with Crippen molar-refractivity contribution in [2.75, 3.05) is 12.8 Å². The van der Waals surface area contributed by atoms with Gasteiger partial charge in [-0.25, -0.2) is 0 Å². The molecule has 2 N–H and O–H groups in total. The van der Waals surface area contributed by atoms with Crippen LogP contribution in [0.5, 0.6) is 0 Å². The van der Waals surface area contributed by atoms with Crippen LogP contribution < -0.4 is 5.73 Å². The lowest BCUT2D eigenvalue weighted by atomic mass is 9.92. The van der Waals surface area contributed by atoms with Gasteiger partial charge in [0, 0.05) is 34.6 Å². The van der Waals surface area contributed by atoms with Gasteiger partial charge in [0.25, 0.3) is 5.91 Å². The first-order chi connectivity index (χ1) is 9.49. The number of pyridine rings is 1. The molecule has 1 aliphatic rings. The number of amides is 1. The van der Waals surface area contributed by atoms with Gasteiger partial charge in [-0.15, -0.1) is 11.3 Å². The van der Waals surface area contributed by atoms with Crippen LogP contribution in [0.4, 0.5) is 5.69 Å². The van der Waals surface area contributed by atoms with E-state index < -0.39 is 0 Å². The van der Waals surface area contributed by atoms with Crippen LogP contribution in [0.2, 0.25) is 0 Å². The largest absolute Gasteiger partial charge is 0.397 e. The summed E-state index contributed by atoms with van der Waals surface area (Å²) in [6.45, 7) is 3.91. The Hall–Kier alpha value is -1.62. The van der Waals surface area contributed by atoms with Crippen molar-refractivity contribution in [1.29, 1.82) is 0 Å². The van der Waals surface area contributed by atoms with E-state index in [1.165, 1.54) is 17.8 Å². The molecule has 0 saturated heterocycles. The minimum absolute atomic E-state index is 0.0467. The number of anilines is 1. The van der Waals surface area contributed by atoms with Crippen molar-refractivity contribution in [2.45, 2.75) is 39.2 Å². The molecular formula is C15H19N3OS. The van der Waals surface area contributed by atoms with E-state index >= 15 is 0 Å². The molecule has 0 spiro atoms. The van der Waals surface area contributed by atoms with Crippen molar-refractivity contribution < 1.29 is 4.79 Å². The maximum absolute atomic E-state index is 12.6. The highest BCUT2D eigenvalue weighted by atomic mass is 32.1. The number of hydrogen-bond acceptors (Lipinski definition) is 4. The summed E-state index contributed by atoms with van der Waals surface area (Å²) < 4.78 is 1.05. The average molecular weight is 289 g/mol. The number of carbonyl (C=O) groups is 1. The first kappa shape index (κ1) is 13.4. The van der Waals surface area contributed by atoms with E-state index in [2.05, 4.69) is 4.98 Å². The highest BCUT2D eigenvalue weighted by molar-refractivity contribution is 7.21. The Bertz CT molecular complexity index is 688. The van der Waals surface area contributed by atoms with E-state index in [0.29, 0.717) is 16.6 Å². The molecule has 2 aromatic rings. The summed E-state index contributed by atoms with van der Waals surface area (Å²) >= 11 is 1.48. The minimum Gasteiger partial charge on any atom is -0.397 e. The molecule has 20 heavy (non-hydrogen) atoms. The third-order valence-corrected chi connectivity index (χ3v) is 5.30. The molecule has 4 nitrogen and oxygen atoms in total. The molecule has 1 fully saturated rings. The van der Waals surface area contributed by atoms with Gasteiger partial charge in [-0.3, -0.25) is 9.78 Å². The Morgan fingerprint density at radius 3 is 2.75 bits per heavy atom. The summed E-state index contributed by atoms with van der Waals surface area (Å²) in [6, 6.07) is 2.39. The SMILES string of the molecule is Cc1cc2sc(C(=O)N(C)C3CCC3)c(N)c2c(C)n1. The lowest BCUT2D eigenvalue weighted by molar-refractivity contribution is 0.0658. The Kier molecular flexibility index (Phi) is 3.17. The van der Waals surface area contributed by atoms with Gasteiger partial charge in [0.05, 0.1) is 5.69 Å². The van der Waals surface area contributed by atoms with E-state index in [1.807, 2.05) is 31.9 Å².